The van der Waals surface area contributed by atoms with E-state index in [1.807, 2.05) is 17.1 Å². The third kappa shape index (κ3) is 3.18. The van der Waals surface area contributed by atoms with Gasteiger partial charge < -0.3 is 9.84 Å². The van der Waals surface area contributed by atoms with Crippen molar-refractivity contribution in [2.45, 2.75) is 64.2 Å². The molecule has 0 spiro atoms. The maximum atomic E-state index is 10.6. The Labute approximate surface area is 115 Å². The zero-order chi connectivity index (χ0) is 13.9. The van der Waals surface area contributed by atoms with Gasteiger partial charge in [0.05, 0.1) is 17.9 Å². The number of methoxy groups -OCH3 is 1. The molecule has 1 heterocycles. The average Bonchev–Trinajstić information content (AvgIpc) is 2.86. The first kappa shape index (κ1) is 14.5. The van der Waals surface area contributed by atoms with Crippen molar-refractivity contribution >= 4 is 0 Å². The van der Waals surface area contributed by atoms with Crippen LogP contribution in [0.25, 0.3) is 0 Å². The van der Waals surface area contributed by atoms with Crippen LogP contribution in [0, 0.1) is 5.92 Å². The Hall–Kier alpha value is -0.870. The SMILES string of the molecule is CCn1cc(CC(O)C2(OC)CCCC(C)C2)cn1. The van der Waals surface area contributed by atoms with Crippen LogP contribution in [-0.4, -0.2) is 33.7 Å². The third-order valence-electron chi connectivity index (χ3n) is 4.44. The molecular formula is C15H26N2O2. The second-order valence-electron chi connectivity index (χ2n) is 5.89. The monoisotopic (exact) mass is 266 g/mol. The summed E-state index contributed by atoms with van der Waals surface area (Å²) in [7, 11) is 1.73. The highest BCUT2D eigenvalue weighted by Gasteiger charge is 2.41. The predicted molar refractivity (Wildman–Crippen MR) is 75.0 cm³/mol. The molecule has 4 heteroatoms. The smallest absolute Gasteiger partial charge is 0.0942 e. The molecule has 1 aliphatic rings. The van der Waals surface area contributed by atoms with Crippen LogP contribution in [0.3, 0.4) is 0 Å². The lowest BCUT2D eigenvalue weighted by Gasteiger charge is -2.42. The van der Waals surface area contributed by atoms with Crippen molar-refractivity contribution in [1.82, 2.24) is 9.78 Å². The summed E-state index contributed by atoms with van der Waals surface area (Å²) in [5.41, 5.74) is 0.718. The Balaban J connectivity index is 2.05. The van der Waals surface area contributed by atoms with Gasteiger partial charge in [-0.25, -0.2) is 0 Å². The zero-order valence-corrected chi connectivity index (χ0v) is 12.3. The maximum Gasteiger partial charge on any atom is 0.0942 e. The zero-order valence-electron chi connectivity index (χ0n) is 12.3. The number of aliphatic hydroxyl groups is 1. The van der Waals surface area contributed by atoms with E-state index in [0.717, 1.165) is 31.4 Å². The lowest BCUT2D eigenvalue weighted by Crippen LogP contribution is -2.48. The number of hydrogen-bond acceptors (Lipinski definition) is 3. The molecule has 0 amide bonds. The van der Waals surface area contributed by atoms with Gasteiger partial charge in [0.2, 0.25) is 0 Å². The number of aryl methyl sites for hydroxylation is 1. The van der Waals surface area contributed by atoms with Crippen molar-refractivity contribution in [3.8, 4) is 0 Å². The maximum absolute atomic E-state index is 10.6. The fraction of sp³-hybridized carbons (Fsp3) is 0.800. The number of rotatable bonds is 5. The van der Waals surface area contributed by atoms with Crippen molar-refractivity contribution in [2.24, 2.45) is 5.92 Å². The largest absolute Gasteiger partial charge is 0.390 e. The van der Waals surface area contributed by atoms with E-state index in [4.69, 9.17) is 4.74 Å². The molecule has 0 aromatic carbocycles. The molecule has 3 atom stereocenters. The molecule has 0 radical (unpaired) electrons. The highest BCUT2D eigenvalue weighted by atomic mass is 16.5. The quantitative estimate of drug-likeness (QED) is 0.890. The minimum absolute atomic E-state index is 0.369. The lowest BCUT2D eigenvalue weighted by molar-refractivity contribution is -0.131. The Morgan fingerprint density at radius 3 is 3.00 bits per heavy atom. The van der Waals surface area contributed by atoms with Crippen LogP contribution in [0.2, 0.25) is 0 Å². The van der Waals surface area contributed by atoms with E-state index in [2.05, 4.69) is 18.9 Å². The van der Waals surface area contributed by atoms with Gasteiger partial charge in [0.1, 0.15) is 0 Å². The van der Waals surface area contributed by atoms with Gasteiger partial charge in [-0.3, -0.25) is 4.68 Å². The summed E-state index contributed by atoms with van der Waals surface area (Å²) in [6.45, 7) is 5.17. The highest BCUT2D eigenvalue weighted by Crippen LogP contribution is 2.38. The first-order valence-electron chi connectivity index (χ1n) is 7.34. The standard InChI is InChI=1S/C15H26N2O2/c1-4-17-11-13(10-16-17)8-14(18)15(19-3)7-5-6-12(2)9-15/h10-12,14,18H,4-9H2,1-3H3. The third-order valence-corrected chi connectivity index (χ3v) is 4.44. The van der Waals surface area contributed by atoms with E-state index in [9.17, 15) is 5.11 Å². The van der Waals surface area contributed by atoms with E-state index >= 15 is 0 Å². The molecule has 1 aromatic rings. The van der Waals surface area contributed by atoms with Crippen LogP contribution in [0.4, 0.5) is 0 Å². The highest BCUT2D eigenvalue weighted by molar-refractivity contribution is 5.08. The molecule has 3 unspecified atom stereocenters. The Kier molecular flexibility index (Phi) is 4.63. The number of aliphatic hydroxyl groups excluding tert-OH is 1. The molecule has 108 valence electrons. The topological polar surface area (TPSA) is 47.3 Å². The van der Waals surface area contributed by atoms with E-state index in [1.54, 1.807) is 7.11 Å². The van der Waals surface area contributed by atoms with Crippen LogP contribution in [-0.2, 0) is 17.7 Å². The van der Waals surface area contributed by atoms with E-state index < -0.39 is 6.10 Å². The minimum atomic E-state index is -0.449. The summed E-state index contributed by atoms with van der Waals surface area (Å²) in [6, 6.07) is 0. The summed E-state index contributed by atoms with van der Waals surface area (Å²) in [4.78, 5) is 0. The molecule has 1 saturated carbocycles. The van der Waals surface area contributed by atoms with Crippen LogP contribution in [0.5, 0.6) is 0 Å². The van der Waals surface area contributed by atoms with E-state index in [-0.39, 0.29) is 5.60 Å². The molecule has 19 heavy (non-hydrogen) atoms. The van der Waals surface area contributed by atoms with Crippen LogP contribution >= 0.6 is 0 Å². The fourth-order valence-corrected chi connectivity index (χ4v) is 3.26. The first-order valence-corrected chi connectivity index (χ1v) is 7.34. The Morgan fingerprint density at radius 2 is 2.42 bits per heavy atom. The number of aromatic nitrogens is 2. The molecule has 2 rings (SSSR count). The number of ether oxygens (including phenoxy) is 1. The molecule has 1 aromatic heterocycles. The first-order chi connectivity index (χ1) is 9.09. The Bertz CT molecular complexity index is 405. The molecule has 0 aliphatic heterocycles. The van der Waals surface area contributed by atoms with Crippen molar-refractivity contribution in [1.29, 1.82) is 0 Å². The van der Waals surface area contributed by atoms with Crippen molar-refractivity contribution in [2.75, 3.05) is 7.11 Å². The molecule has 1 N–H and O–H groups in total. The number of nitrogens with zero attached hydrogens (tertiary/aromatic N) is 2. The predicted octanol–water partition coefficient (Wildman–Crippen LogP) is 2.40. The van der Waals surface area contributed by atoms with Gasteiger partial charge in [-0.1, -0.05) is 19.8 Å². The second-order valence-corrected chi connectivity index (χ2v) is 5.89. The number of hydrogen-bond donors (Lipinski definition) is 1. The fourth-order valence-electron chi connectivity index (χ4n) is 3.26. The molecule has 1 fully saturated rings. The van der Waals surface area contributed by atoms with Gasteiger partial charge in [0.15, 0.2) is 0 Å². The molecule has 0 bridgehead atoms. The van der Waals surface area contributed by atoms with E-state index in [0.29, 0.717) is 12.3 Å². The average molecular weight is 266 g/mol. The molecule has 0 saturated heterocycles. The summed E-state index contributed by atoms with van der Waals surface area (Å²) < 4.78 is 7.63. The van der Waals surface area contributed by atoms with Gasteiger partial charge in [0, 0.05) is 26.3 Å². The molecule has 1 aliphatic carbocycles. The van der Waals surface area contributed by atoms with Crippen LogP contribution < -0.4 is 0 Å². The summed E-state index contributed by atoms with van der Waals surface area (Å²) in [5.74, 6) is 0.627. The van der Waals surface area contributed by atoms with Gasteiger partial charge >= 0.3 is 0 Å². The van der Waals surface area contributed by atoms with Crippen LogP contribution in [0.15, 0.2) is 12.4 Å². The van der Waals surface area contributed by atoms with Gasteiger partial charge in [-0.2, -0.15) is 5.10 Å². The van der Waals surface area contributed by atoms with Gasteiger partial charge in [-0.05, 0) is 31.2 Å². The second kappa shape index (κ2) is 6.06. The molecular weight excluding hydrogens is 240 g/mol. The lowest BCUT2D eigenvalue weighted by atomic mass is 9.74. The van der Waals surface area contributed by atoms with Crippen molar-refractivity contribution in [3.63, 3.8) is 0 Å². The van der Waals surface area contributed by atoms with Gasteiger partial charge in [-0.15, -0.1) is 0 Å². The summed E-state index contributed by atoms with van der Waals surface area (Å²) in [6.07, 6.45) is 8.33. The van der Waals surface area contributed by atoms with E-state index in [1.165, 1.54) is 6.42 Å². The Morgan fingerprint density at radius 1 is 1.63 bits per heavy atom. The van der Waals surface area contributed by atoms with Crippen molar-refractivity contribution in [3.05, 3.63) is 18.0 Å². The van der Waals surface area contributed by atoms with Crippen molar-refractivity contribution < 1.29 is 9.84 Å². The van der Waals surface area contributed by atoms with Gasteiger partial charge in [0.25, 0.3) is 0 Å². The summed E-state index contributed by atoms with van der Waals surface area (Å²) in [5, 5.41) is 14.9. The minimum Gasteiger partial charge on any atom is -0.390 e. The summed E-state index contributed by atoms with van der Waals surface area (Å²) >= 11 is 0. The van der Waals surface area contributed by atoms with Crippen LogP contribution in [0.1, 0.15) is 45.1 Å². The normalized spacial score (nSPS) is 29.4. The molecule has 4 nitrogen and oxygen atoms in total.